The van der Waals surface area contributed by atoms with Crippen LogP contribution in [0.15, 0.2) is 63.8 Å². The van der Waals surface area contributed by atoms with Crippen LogP contribution in [0, 0.1) is 0 Å². The second-order valence-corrected chi connectivity index (χ2v) is 13.1. The van der Waals surface area contributed by atoms with Gasteiger partial charge in [-0.1, -0.05) is 6.07 Å². The second kappa shape index (κ2) is 16.8. The third-order valence-electron chi connectivity index (χ3n) is 9.34. The number of ether oxygens (including phenoxy) is 7. The monoisotopic (exact) mass is 800 g/mol. The summed E-state index contributed by atoms with van der Waals surface area (Å²) in [5.41, 5.74) is -0.744. The molecule has 2 fully saturated rings. The third-order valence-corrected chi connectivity index (χ3v) is 9.34. The number of hydrogen-bond donors (Lipinski definition) is 9. The summed E-state index contributed by atoms with van der Waals surface area (Å²) in [6.45, 7) is 0.741. The normalized spacial score (nSPS) is 27.6. The number of carbonyl (C=O) groups excluding carboxylic acids is 1. The van der Waals surface area contributed by atoms with Gasteiger partial charge >= 0.3 is 5.97 Å². The first-order valence-corrected chi connectivity index (χ1v) is 17.3. The molecule has 57 heavy (non-hydrogen) atoms. The lowest BCUT2D eigenvalue weighted by molar-refractivity contribution is -0.319. The molecule has 2 aliphatic rings. The summed E-state index contributed by atoms with van der Waals surface area (Å²) in [4.78, 5) is 26.6. The quantitative estimate of drug-likeness (QED) is 0.0741. The highest BCUT2D eigenvalue weighted by Crippen LogP contribution is 2.40. The molecule has 3 aromatic carbocycles. The molecule has 9 N–H and O–H groups in total. The Kier molecular flexibility index (Phi) is 12.1. The van der Waals surface area contributed by atoms with Gasteiger partial charge in [0, 0.05) is 23.8 Å². The Balaban J connectivity index is 1.21. The fraction of sp³-hybridized carbons (Fsp3) is 0.368. The van der Waals surface area contributed by atoms with Crippen LogP contribution in [0.3, 0.4) is 0 Å². The number of carbonyl (C=O) groups is 1. The number of aromatic hydroxyl groups is 4. The molecule has 0 spiro atoms. The Morgan fingerprint density at radius 3 is 2.16 bits per heavy atom. The van der Waals surface area contributed by atoms with E-state index >= 15 is 0 Å². The molecule has 10 atom stereocenters. The highest BCUT2D eigenvalue weighted by Gasteiger charge is 2.49. The van der Waals surface area contributed by atoms with Gasteiger partial charge in [-0.15, -0.1) is 0 Å². The summed E-state index contributed by atoms with van der Waals surface area (Å²) in [5.74, 6) is -3.37. The molecule has 3 heterocycles. The fourth-order valence-electron chi connectivity index (χ4n) is 6.25. The van der Waals surface area contributed by atoms with Gasteiger partial charge in [0.25, 0.3) is 0 Å². The van der Waals surface area contributed by atoms with E-state index in [-0.39, 0.29) is 39.9 Å². The van der Waals surface area contributed by atoms with Crippen molar-refractivity contribution in [1.29, 1.82) is 0 Å². The Bertz CT molecular complexity index is 2180. The summed E-state index contributed by atoms with van der Waals surface area (Å²) >= 11 is 0. The van der Waals surface area contributed by atoms with E-state index < -0.39 is 102 Å². The lowest BCUT2D eigenvalue weighted by Gasteiger charge is -2.43. The van der Waals surface area contributed by atoms with Crippen molar-refractivity contribution in [3.63, 3.8) is 0 Å². The van der Waals surface area contributed by atoms with Gasteiger partial charge in [-0.05, 0) is 48.9 Å². The summed E-state index contributed by atoms with van der Waals surface area (Å²) < 4.78 is 44.3. The van der Waals surface area contributed by atoms with Crippen LogP contribution in [0.1, 0.15) is 12.5 Å². The molecule has 1 aromatic heterocycles. The van der Waals surface area contributed by atoms with Crippen molar-refractivity contribution in [3.8, 4) is 51.6 Å². The van der Waals surface area contributed by atoms with E-state index in [2.05, 4.69) is 0 Å². The van der Waals surface area contributed by atoms with Crippen LogP contribution in [-0.4, -0.2) is 134 Å². The molecule has 2 aliphatic heterocycles. The number of phenols is 4. The minimum Gasteiger partial charge on any atom is -0.508 e. The van der Waals surface area contributed by atoms with Gasteiger partial charge in [0.15, 0.2) is 41.2 Å². The van der Waals surface area contributed by atoms with Crippen LogP contribution in [0.5, 0.6) is 40.2 Å². The van der Waals surface area contributed by atoms with Crippen LogP contribution in [0.2, 0.25) is 0 Å². The first-order chi connectivity index (χ1) is 27.1. The maximum absolute atomic E-state index is 13.9. The zero-order chi connectivity index (χ0) is 41.3. The molecule has 0 saturated carbocycles. The molecule has 19 nitrogen and oxygen atoms in total. The number of phenolic OH excluding ortho intramolecular Hbond substituents is 4. The average Bonchev–Trinajstić information content (AvgIpc) is 3.18. The van der Waals surface area contributed by atoms with E-state index in [4.69, 9.17) is 37.6 Å². The predicted molar refractivity (Wildman–Crippen MR) is 193 cm³/mol. The van der Waals surface area contributed by atoms with E-state index in [1.165, 1.54) is 63.6 Å². The fourth-order valence-corrected chi connectivity index (χ4v) is 6.25. The highest BCUT2D eigenvalue weighted by atomic mass is 16.7. The van der Waals surface area contributed by atoms with E-state index in [1.54, 1.807) is 0 Å². The first kappa shape index (κ1) is 41.0. The lowest BCUT2D eigenvalue weighted by Crippen LogP contribution is -2.62. The maximum atomic E-state index is 13.9. The van der Waals surface area contributed by atoms with Gasteiger partial charge < -0.3 is 83.5 Å². The first-order valence-electron chi connectivity index (χ1n) is 17.3. The SMILES string of the molecule is COc1cc(/C=C/C(=O)O[C@H]2[C@@H](O)[C@H](C)O[C@@H](OC[C@@H]3O[C@@H](Oc4c(-c5ccc(O)c(OC)c5)oc5cc(O)cc(O)c5c4=O)[C@@H](O)[C@H](O)[C@H]3O)[C@@H]2O)ccc1O. The number of aliphatic hydroxyl groups is 5. The van der Waals surface area contributed by atoms with Gasteiger partial charge in [-0.2, -0.15) is 0 Å². The van der Waals surface area contributed by atoms with Crippen LogP contribution >= 0.6 is 0 Å². The van der Waals surface area contributed by atoms with Crippen molar-refractivity contribution in [2.45, 2.75) is 68.3 Å². The van der Waals surface area contributed by atoms with Crippen LogP contribution in [0.25, 0.3) is 28.4 Å². The second-order valence-electron chi connectivity index (χ2n) is 13.1. The summed E-state index contributed by atoms with van der Waals surface area (Å²) in [6.07, 6.45) is -14.5. The van der Waals surface area contributed by atoms with E-state index in [0.717, 1.165) is 18.2 Å². The molecule has 19 heteroatoms. The van der Waals surface area contributed by atoms with Gasteiger partial charge in [0.05, 0.1) is 26.9 Å². The largest absolute Gasteiger partial charge is 0.508 e. The van der Waals surface area contributed by atoms with Crippen LogP contribution < -0.4 is 19.6 Å². The van der Waals surface area contributed by atoms with E-state index in [9.17, 15) is 55.5 Å². The predicted octanol–water partition coefficient (Wildman–Crippen LogP) is 0.594. The van der Waals surface area contributed by atoms with Crippen molar-refractivity contribution in [1.82, 2.24) is 0 Å². The Morgan fingerprint density at radius 1 is 0.772 bits per heavy atom. The number of fused-ring (bicyclic) bond motifs is 1. The number of esters is 1. The van der Waals surface area contributed by atoms with E-state index in [1.807, 2.05) is 0 Å². The number of benzene rings is 3. The minimum absolute atomic E-state index is 0.0396. The zero-order valence-electron chi connectivity index (χ0n) is 30.4. The highest BCUT2D eigenvalue weighted by molar-refractivity contribution is 5.89. The van der Waals surface area contributed by atoms with Crippen molar-refractivity contribution in [2.75, 3.05) is 20.8 Å². The Morgan fingerprint density at radius 2 is 1.46 bits per heavy atom. The average molecular weight is 801 g/mol. The van der Waals surface area contributed by atoms with Gasteiger partial charge in [0.1, 0.15) is 59.1 Å². The van der Waals surface area contributed by atoms with E-state index in [0.29, 0.717) is 5.56 Å². The van der Waals surface area contributed by atoms with Crippen molar-refractivity contribution in [2.24, 2.45) is 0 Å². The maximum Gasteiger partial charge on any atom is 0.331 e. The van der Waals surface area contributed by atoms with Crippen molar-refractivity contribution < 1.29 is 88.3 Å². The van der Waals surface area contributed by atoms with Crippen molar-refractivity contribution >= 4 is 23.0 Å². The smallest absolute Gasteiger partial charge is 0.331 e. The van der Waals surface area contributed by atoms with Gasteiger partial charge in [-0.3, -0.25) is 4.79 Å². The third kappa shape index (κ3) is 8.41. The molecule has 306 valence electrons. The van der Waals surface area contributed by atoms with Gasteiger partial charge in [-0.25, -0.2) is 4.79 Å². The van der Waals surface area contributed by atoms with Crippen molar-refractivity contribution in [3.05, 3.63) is 70.4 Å². The van der Waals surface area contributed by atoms with Gasteiger partial charge in [0.2, 0.25) is 17.5 Å². The summed E-state index contributed by atoms with van der Waals surface area (Å²) in [6, 6.07) is 10.1. The lowest BCUT2D eigenvalue weighted by atomic mass is 9.98. The molecular formula is C38H40O19. The molecule has 0 unspecified atom stereocenters. The standard InChI is InChI=1S/C38H40O19/c1-15-28(44)35(56-26(43)9-5-16-4-7-19(40)22(10-16)50-2)33(49)37(53-15)52-14-25-29(45)31(47)32(48)38(55-25)57-36-30(46)27-21(42)12-18(39)13-24(27)54-34(36)17-6-8-20(41)23(11-17)51-3/h4-13,15,25,28-29,31-33,35,37-42,44-45,47-49H,14H2,1-3H3/b9-5+/t15-,25-,28-,29-,31+,32-,33+,35-,37+,38-/m0/s1. The number of hydrogen-bond acceptors (Lipinski definition) is 19. The number of rotatable bonds is 11. The zero-order valence-corrected chi connectivity index (χ0v) is 30.4. The van der Waals surface area contributed by atoms with Crippen LogP contribution in [0.4, 0.5) is 0 Å². The molecule has 0 amide bonds. The molecule has 6 rings (SSSR count). The molecule has 2 saturated heterocycles. The Labute approximate surface area is 322 Å². The topological polar surface area (TPSA) is 294 Å². The molecular weight excluding hydrogens is 760 g/mol. The molecule has 0 bridgehead atoms. The summed E-state index contributed by atoms with van der Waals surface area (Å²) in [5, 5.41) is 94.5. The number of aliphatic hydroxyl groups excluding tert-OH is 5. The number of methoxy groups -OCH3 is 2. The van der Waals surface area contributed by atoms with Crippen LogP contribution in [-0.2, 0) is 23.7 Å². The molecule has 0 radical (unpaired) electrons. The minimum atomic E-state index is -2.01. The summed E-state index contributed by atoms with van der Waals surface area (Å²) in [7, 11) is 2.62. The molecule has 4 aromatic rings. The molecule has 0 aliphatic carbocycles. The Hall–Kier alpha value is -5.64.